The Kier molecular flexibility index (Phi) is 9.26. The third-order valence-electron chi connectivity index (χ3n) is 8.06. The molecule has 1 amide bonds. The van der Waals surface area contributed by atoms with E-state index in [0.29, 0.717) is 64.8 Å². The molecule has 0 radical (unpaired) electrons. The van der Waals surface area contributed by atoms with Crippen LogP contribution < -0.4 is 9.62 Å². The number of likely N-dealkylation sites (tertiary alicyclic amines) is 1. The number of aliphatic hydroxyl groups is 1. The van der Waals surface area contributed by atoms with Crippen molar-refractivity contribution < 1.29 is 27.8 Å². The number of hydrogen-bond donors (Lipinski definition) is 2. The van der Waals surface area contributed by atoms with Crippen LogP contribution in [0, 0.1) is 17.2 Å². The van der Waals surface area contributed by atoms with Crippen molar-refractivity contribution in [1.82, 2.24) is 29.6 Å². The number of fused-ring (bicyclic) bond motifs is 1. The summed E-state index contributed by atoms with van der Waals surface area (Å²) >= 11 is 1.20. The summed E-state index contributed by atoms with van der Waals surface area (Å²) in [6.07, 6.45) is 0.969. The van der Waals surface area contributed by atoms with Gasteiger partial charge < -0.3 is 24.4 Å². The van der Waals surface area contributed by atoms with Crippen molar-refractivity contribution in [3.63, 3.8) is 0 Å². The highest BCUT2D eigenvalue weighted by Crippen LogP contribution is 2.41. The summed E-state index contributed by atoms with van der Waals surface area (Å²) in [4.78, 5) is 16.7. The second-order valence-corrected chi connectivity index (χ2v) is 14.0. The van der Waals surface area contributed by atoms with Gasteiger partial charge in [0.1, 0.15) is 11.2 Å². The number of amides is 1. The van der Waals surface area contributed by atoms with Gasteiger partial charge in [0.25, 0.3) is 0 Å². The molecule has 1 saturated heterocycles. The predicted molar refractivity (Wildman–Crippen MR) is 163 cm³/mol. The number of carbonyl (C=O) groups is 1. The number of methoxy groups -OCH3 is 2. The molecule has 1 aromatic carbocycles. The van der Waals surface area contributed by atoms with Crippen molar-refractivity contribution in [1.29, 1.82) is 5.26 Å². The van der Waals surface area contributed by atoms with Gasteiger partial charge in [0.05, 0.1) is 41.4 Å². The molecule has 1 atom stereocenters. The van der Waals surface area contributed by atoms with E-state index in [1.54, 1.807) is 10.7 Å². The second-order valence-electron chi connectivity index (χ2n) is 11.3. The lowest BCUT2D eigenvalue weighted by Crippen LogP contribution is -2.57. The predicted octanol–water partition coefficient (Wildman–Crippen LogP) is 2.26. The number of nitrogens with zero attached hydrogens (tertiary/aromatic N) is 7. The molecule has 1 saturated carbocycles. The van der Waals surface area contributed by atoms with Crippen LogP contribution >= 0.6 is 11.3 Å². The minimum Gasteiger partial charge on any atom is -0.394 e. The number of aromatic nitrogens is 4. The first kappa shape index (κ1) is 32.2. The van der Waals surface area contributed by atoms with Crippen molar-refractivity contribution in [2.45, 2.75) is 69.3 Å². The van der Waals surface area contributed by atoms with Gasteiger partial charge in [-0.1, -0.05) is 25.2 Å². The molecule has 16 heteroatoms. The molecule has 5 rings (SSSR count). The van der Waals surface area contributed by atoms with Gasteiger partial charge in [0.2, 0.25) is 22.2 Å². The van der Waals surface area contributed by atoms with Gasteiger partial charge in [-0.05, 0) is 38.3 Å². The number of rotatable bonds is 14. The number of likely N-dealkylation sites (N-methyl/N-ethyl adjacent to an activating group) is 1. The summed E-state index contributed by atoms with van der Waals surface area (Å²) in [6, 6.07) is 5.17. The lowest BCUT2D eigenvalue weighted by Gasteiger charge is -2.44. The molecule has 44 heavy (non-hydrogen) atoms. The average molecular weight is 647 g/mol. The van der Waals surface area contributed by atoms with Gasteiger partial charge in [0, 0.05) is 45.2 Å². The molecule has 2 aromatic heterocycles. The third kappa shape index (κ3) is 6.04. The van der Waals surface area contributed by atoms with Crippen LogP contribution in [0.15, 0.2) is 17.0 Å². The van der Waals surface area contributed by atoms with Gasteiger partial charge >= 0.3 is 0 Å². The quantitative estimate of drug-likeness (QED) is 0.246. The molecular formula is C28H38N8O6S2. The Bertz CT molecular complexity index is 1670. The Morgan fingerprint density at radius 3 is 2.57 bits per heavy atom. The Morgan fingerprint density at radius 2 is 2.02 bits per heavy atom. The zero-order valence-electron chi connectivity index (χ0n) is 25.5. The third-order valence-corrected chi connectivity index (χ3v) is 10.5. The highest BCUT2D eigenvalue weighted by atomic mass is 32.2. The van der Waals surface area contributed by atoms with Crippen LogP contribution in [-0.2, 0) is 30.8 Å². The molecule has 14 nitrogen and oxygen atoms in total. The molecular weight excluding hydrogens is 608 g/mol. The highest BCUT2D eigenvalue weighted by molar-refractivity contribution is 7.89. The molecule has 0 spiro atoms. The number of ether oxygens (including phenoxy) is 2. The van der Waals surface area contributed by atoms with Crippen molar-refractivity contribution in [3.05, 3.63) is 17.1 Å². The number of nitrogens with one attached hydrogen (secondary N) is 1. The molecule has 0 bridgehead atoms. The van der Waals surface area contributed by atoms with Crippen LogP contribution in [0.2, 0.25) is 0 Å². The van der Waals surface area contributed by atoms with Crippen LogP contribution in [0.4, 0.5) is 5.69 Å². The Hall–Kier alpha value is -3.20. The van der Waals surface area contributed by atoms with Crippen molar-refractivity contribution in [2.24, 2.45) is 5.92 Å². The van der Waals surface area contributed by atoms with E-state index in [2.05, 4.69) is 21.0 Å². The van der Waals surface area contributed by atoms with Gasteiger partial charge in [-0.3, -0.25) is 9.48 Å². The fourth-order valence-electron chi connectivity index (χ4n) is 5.39. The van der Waals surface area contributed by atoms with E-state index in [4.69, 9.17) is 14.6 Å². The Morgan fingerprint density at radius 1 is 1.30 bits per heavy atom. The fraction of sp³-hybridized carbons (Fsp3) is 0.607. The molecule has 1 aliphatic heterocycles. The van der Waals surface area contributed by atoms with E-state index in [9.17, 15) is 23.6 Å². The van der Waals surface area contributed by atoms with Crippen LogP contribution in [0.1, 0.15) is 51.3 Å². The lowest BCUT2D eigenvalue weighted by molar-refractivity contribution is -0.141. The van der Waals surface area contributed by atoms with Crippen molar-refractivity contribution >= 4 is 43.9 Å². The number of carbonyl (C=O) groups excluding carboxylic acids is 1. The van der Waals surface area contributed by atoms with E-state index in [-0.39, 0.29) is 35.9 Å². The number of sulfonamides is 1. The van der Waals surface area contributed by atoms with E-state index >= 15 is 0 Å². The maximum atomic E-state index is 13.8. The average Bonchev–Trinajstić information content (AvgIpc) is 3.40. The van der Waals surface area contributed by atoms with E-state index < -0.39 is 21.9 Å². The smallest absolute Gasteiger partial charge is 0.242 e. The first-order chi connectivity index (χ1) is 21.0. The summed E-state index contributed by atoms with van der Waals surface area (Å²) in [5.41, 5.74) is 0.470. The highest BCUT2D eigenvalue weighted by Gasteiger charge is 2.47. The molecule has 2 fully saturated rings. The first-order valence-electron chi connectivity index (χ1n) is 14.6. The molecule has 3 heterocycles. The summed E-state index contributed by atoms with van der Waals surface area (Å²) in [5.74, 6) is -0.0468. The van der Waals surface area contributed by atoms with Crippen LogP contribution in [-0.4, -0.2) is 96.4 Å². The molecule has 1 aliphatic carbocycles. The standard InChI is InChI=1S/C28H38N8O6S2/c1-6-34(15-18-7-10-35(18)26(38)17(2)3)21-14-19(44(39,40)33-28(16-29)8-9-28)13-20-22(32-36(11-12-37)23(20)21)24-30-31-25(43-24)27(41-4)42-5/h13-14,17-18,27,33,37H,6-12,15H2,1-5H3. The molecule has 2 aliphatic rings. The summed E-state index contributed by atoms with van der Waals surface area (Å²) in [7, 11) is -1.14. The fourth-order valence-corrected chi connectivity index (χ4v) is 7.71. The monoisotopic (exact) mass is 646 g/mol. The van der Waals surface area contributed by atoms with E-state index in [1.807, 2.05) is 30.6 Å². The van der Waals surface area contributed by atoms with Crippen LogP contribution in [0.5, 0.6) is 0 Å². The summed E-state index contributed by atoms with van der Waals surface area (Å²) in [5, 5.41) is 34.3. The molecule has 1 unspecified atom stereocenters. The largest absolute Gasteiger partial charge is 0.394 e. The van der Waals surface area contributed by atoms with E-state index in [1.165, 1.54) is 31.6 Å². The minimum atomic E-state index is -4.12. The molecule has 3 aromatic rings. The topological polar surface area (TPSA) is 176 Å². The first-order valence-corrected chi connectivity index (χ1v) is 16.9. The van der Waals surface area contributed by atoms with E-state index in [0.717, 1.165) is 6.42 Å². The number of anilines is 1. The van der Waals surface area contributed by atoms with Crippen LogP contribution in [0.3, 0.4) is 0 Å². The summed E-state index contributed by atoms with van der Waals surface area (Å²) in [6.45, 7) is 7.34. The molecule has 2 N–H and O–H groups in total. The Balaban J connectivity index is 1.67. The van der Waals surface area contributed by atoms with Crippen LogP contribution in [0.25, 0.3) is 21.6 Å². The maximum Gasteiger partial charge on any atom is 0.242 e. The number of nitriles is 1. The zero-order chi connectivity index (χ0) is 31.8. The number of benzene rings is 1. The second kappa shape index (κ2) is 12.7. The van der Waals surface area contributed by atoms with Gasteiger partial charge in [0.15, 0.2) is 10.0 Å². The number of hydrogen-bond acceptors (Lipinski definition) is 12. The molecule has 238 valence electrons. The zero-order valence-corrected chi connectivity index (χ0v) is 27.1. The lowest BCUT2D eigenvalue weighted by atomic mass is 9.99. The number of aliphatic hydroxyl groups excluding tert-OH is 1. The van der Waals surface area contributed by atoms with Crippen molar-refractivity contribution in [3.8, 4) is 16.8 Å². The Labute approximate surface area is 260 Å². The van der Waals surface area contributed by atoms with Crippen molar-refractivity contribution in [2.75, 3.05) is 45.4 Å². The van der Waals surface area contributed by atoms with Gasteiger partial charge in [-0.15, -0.1) is 10.2 Å². The maximum absolute atomic E-state index is 13.8. The normalized spacial score (nSPS) is 17.7. The van der Waals surface area contributed by atoms with Gasteiger partial charge in [-0.2, -0.15) is 15.1 Å². The summed E-state index contributed by atoms with van der Waals surface area (Å²) < 4.78 is 42.4. The SMILES string of the molecule is CCN(CC1CCN1C(=O)C(C)C)c1cc(S(=O)(=O)NC2(C#N)CC2)cc2c(-c3nnc(C(OC)OC)s3)nn(CCO)c12. The van der Waals surface area contributed by atoms with Gasteiger partial charge in [-0.25, -0.2) is 8.42 Å². The minimum absolute atomic E-state index is 0.0232.